The van der Waals surface area contributed by atoms with E-state index >= 15 is 0 Å². The van der Waals surface area contributed by atoms with Gasteiger partial charge in [0.1, 0.15) is 6.20 Å². The number of halogens is 3. The minimum Gasteiger partial charge on any atom is -0.358 e. The molecule has 0 aliphatic heterocycles. The molecule has 0 spiro atoms. The fourth-order valence-corrected chi connectivity index (χ4v) is 0.922. The van der Waals surface area contributed by atoms with Crippen LogP contribution in [0.15, 0.2) is 6.20 Å². The predicted molar refractivity (Wildman–Crippen MR) is 49.9 cm³/mol. The summed E-state index contributed by atoms with van der Waals surface area (Å²) in [4.78, 5) is 26.2. The van der Waals surface area contributed by atoms with Gasteiger partial charge in [-0.15, -0.1) is 0 Å². The van der Waals surface area contributed by atoms with E-state index in [0.29, 0.717) is 0 Å². The topological polar surface area (TPSA) is 88.9 Å². The number of nitrogens with zero attached hydrogens (tertiary/aromatic N) is 2. The Kier molecular flexibility index (Phi) is 2.98. The molecule has 0 radical (unpaired) electrons. The van der Waals surface area contributed by atoms with E-state index in [-0.39, 0.29) is 5.82 Å². The van der Waals surface area contributed by atoms with Crippen LogP contribution >= 0.6 is 34.8 Å². The van der Waals surface area contributed by atoms with Gasteiger partial charge in [-0.1, -0.05) is 34.8 Å². The van der Waals surface area contributed by atoms with E-state index in [1.807, 2.05) is 0 Å². The highest BCUT2D eigenvalue weighted by Gasteiger charge is 2.36. The van der Waals surface area contributed by atoms with E-state index < -0.39 is 20.3 Å². The second-order valence-corrected chi connectivity index (χ2v) is 4.48. The van der Waals surface area contributed by atoms with Gasteiger partial charge < -0.3 is 10.1 Å². The van der Waals surface area contributed by atoms with Gasteiger partial charge in [-0.05, 0) is 4.92 Å². The second-order valence-electron chi connectivity index (χ2n) is 2.20. The molecule has 1 N–H and O–H groups in total. The third kappa shape index (κ3) is 2.34. The lowest BCUT2D eigenvalue weighted by Gasteiger charge is -2.03. The van der Waals surface area contributed by atoms with Gasteiger partial charge in [-0.2, -0.15) is 0 Å². The molecule has 0 saturated carbocycles. The Labute approximate surface area is 92.3 Å². The zero-order valence-corrected chi connectivity index (χ0v) is 8.60. The van der Waals surface area contributed by atoms with E-state index in [1.54, 1.807) is 0 Å². The number of aromatic amines is 1. The lowest BCUT2D eigenvalue weighted by molar-refractivity contribution is -0.389. The molecule has 0 amide bonds. The summed E-state index contributed by atoms with van der Waals surface area (Å²) in [6.45, 7) is 0. The molecule has 14 heavy (non-hydrogen) atoms. The predicted octanol–water partition coefficient (Wildman–Crippen LogP) is 1.87. The van der Waals surface area contributed by atoms with Gasteiger partial charge in [0.15, 0.2) is 0 Å². The van der Waals surface area contributed by atoms with Gasteiger partial charge >= 0.3 is 5.82 Å². The number of nitro groups is 1. The van der Waals surface area contributed by atoms with Crippen LogP contribution in [0.1, 0.15) is 10.6 Å². The number of aromatic nitrogens is 2. The number of nitrogens with one attached hydrogen (secondary N) is 1. The van der Waals surface area contributed by atoms with Crippen molar-refractivity contribution in [1.82, 2.24) is 9.97 Å². The van der Waals surface area contributed by atoms with Crippen LogP contribution in [0.3, 0.4) is 0 Å². The van der Waals surface area contributed by atoms with Crippen molar-refractivity contribution in [3.05, 3.63) is 22.1 Å². The summed E-state index contributed by atoms with van der Waals surface area (Å²) in [5.74, 6) is -1.75. The van der Waals surface area contributed by atoms with Crippen LogP contribution in [0.4, 0.5) is 5.82 Å². The SMILES string of the molecule is O=C(c1ncc([N+](=O)[O-])[nH]1)C(Cl)(Cl)Cl. The fourth-order valence-electron chi connectivity index (χ4n) is 0.654. The lowest BCUT2D eigenvalue weighted by Crippen LogP contribution is -2.20. The van der Waals surface area contributed by atoms with E-state index in [0.717, 1.165) is 6.20 Å². The third-order valence-corrected chi connectivity index (χ3v) is 1.75. The largest absolute Gasteiger partial charge is 0.358 e. The van der Waals surface area contributed by atoms with Crippen molar-refractivity contribution >= 4 is 46.4 Å². The van der Waals surface area contributed by atoms with Crippen LogP contribution in [0.2, 0.25) is 0 Å². The standard InChI is InChI=1S/C5H2Cl3N3O3/c6-5(7,8)3(12)4-9-1-2(10-4)11(13)14/h1H,(H,9,10). The summed E-state index contributed by atoms with van der Waals surface area (Å²) >= 11 is 15.8. The monoisotopic (exact) mass is 257 g/mol. The number of carbonyl (C=O) groups excluding carboxylic acids is 1. The molecule has 1 aromatic heterocycles. The summed E-state index contributed by atoms with van der Waals surface area (Å²) < 4.78 is -2.17. The van der Waals surface area contributed by atoms with Gasteiger partial charge in [0.05, 0.1) is 0 Å². The Morgan fingerprint density at radius 2 is 2.14 bits per heavy atom. The van der Waals surface area contributed by atoms with Crippen molar-refractivity contribution in [3.8, 4) is 0 Å². The van der Waals surface area contributed by atoms with Gasteiger partial charge in [-0.3, -0.25) is 4.79 Å². The average Bonchev–Trinajstić information content (AvgIpc) is 2.48. The number of hydrogen-bond donors (Lipinski definition) is 1. The highest BCUT2D eigenvalue weighted by molar-refractivity contribution is 6.77. The highest BCUT2D eigenvalue weighted by atomic mass is 35.6. The zero-order valence-electron chi connectivity index (χ0n) is 6.33. The molecule has 1 rings (SSSR count). The molecule has 0 unspecified atom stereocenters. The fraction of sp³-hybridized carbons (Fsp3) is 0.200. The van der Waals surface area contributed by atoms with E-state index in [9.17, 15) is 14.9 Å². The minimum absolute atomic E-state index is 0.364. The molecule has 0 bridgehead atoms. The molecule has 6 nitrogen and oxygen atoms in total. The summed E-state index contributed by atoms with van der Waals surface area (Å²) in [5.41, 5.74) is 0. The average molecular weight is 258 g/mol. The third-order valence-electron chi connectivity index (χ3n) is 1.23. The number of carbonyl (C=O) groups is 1. The molecule has 76 valence electrons. The van der Waals surface area contributed by atoms with Crippen molar-refractivity contribution in [2.24, 2.45) is 0 Å². The number of alkyl halides is 3. The maximum Gasteiger partial charge on any atom is 0.341 e. The first kappa shape index (κ1) is 11.2. The van der Waals surface area contributed by atoms with Crippen molar-refractivity contribution in [2.75, 3.05) is 0 Å². The second kappa shape index (κ2) is 3.72. The Bertz CT molecular complexity index is 383. The summed E-state index contributed by atoms with van der Waals surface area (Å²) in [6, 6.07) is 0. The molecule has 9 heteroatoms. The van der Waals surface area contributed by atoms with Gasteiger partial charge in [0.2, 0.25) is 0 Å². The maximum atomic E-state index is 11.2. The molecular weight excluding hydrogens is 256 g/mol. The number of hydrogen-bond acceptors (Lipinski definition) is 4. The number of Topliss-reactive ketones (excluding diaryl/α,β-unsaturated/α-hetero) is 1. The van der Waals surface area contributed by atoms with Crippen LogP contribution in [-0.4, -0.2) is 24.5 Å². The molecule has 0 saturated heterocycles. The molecular formula is C5H2Cl3N3O3. The number of ketones is 1. The molecule has 0 aromatic carbocycles. The van der Waals surface area contributed by atoms with Crippen molar-refractivity contribution < 1.29 is 9.72 Å². The quantitative estimate of drug-likeness (QED) is 0.379. The summed E-state index contributed by atoms with van der Waals surface area (Å²) in [7, 11) is 0. The molecule has 0 aliphatic carbocycles. The van der Waals surface area contributed by atoms with Gasteiger partial charge in [0, 0.05) is 0 Å². The Morgan fingerprint density at radius 1 is 1.57 bits per heavy atom. The van der Waals surface area contributed by atoms with E-state index in [4.69, 9.17) is 34.8 Å². The highest BCUT2D eigenvalue weighted by Crippen LogP contribution is 2.29. The van der Waals surface area contributed by atoms with Gasteiger partial charge in [-0.25, -0.2) is 9.97 Å². The van der Waals surface area contributed by atoms with Crippen LogP contribution < -0.4 is 0 Å². The first-order chi connectivity index (χ1) is 6.32. The smallest absolute Gasteiger partial charge is 0.341 e. The first-order valence-electron chi connectivity index (χ1n) is 3.13. The number of imidazole rings is 1. The molecule has 0 atom stereocenters. The lowest BCUT2D eigenvalue weighted by atomic mass is 10.4. The van der Waals surface area contributed by atoms with Gasteiger partial charge in [0.25, 0.3) is 15.4 Å². The van der Waals surface area contributed by atoms with Crippen LogP contribution in [0.25, 0.3) is 0 Å². The van der Waals surface area contributed by atoms with Crippen LogP contribution in [-0.2, 0) is 0 Å². The van der Waals surface area contributed by atoms with Crippen LogP contribution in [0, 0.1) is 10.1 Å². The Morgan fingerprint density at radius 3 is 2.50 bits per heavy atom. The zero-order chi connectivity index (χ0) is 10.9. The number of H-pyrrole nitrogens is 1. The van der Waals surface area contributed by atoms with E-state index in [2.05, 4.69) is 9.97 Å². The Hall–Kier alpha value is -0.850. The molecule has 1 heterocycles. The van der Waals surface area contributed by atoms with Crippen molar-refractivity contribution in [1.29, 1.82) is 0 Å². The van der Waals surface area contributed by atoms with Crippen LogP contribution in [0.5, 0.6) is 0 Å². The summed E-state index contributed by atoms with van der Waals surface area (Å²) in [5, 5.41) is 10.2. The Balaban J connectivity index is 2.99. The minimum atomic E-state index is -2.17. The summed E-state index contributed by atoms with van der Waals surface area (Å²) in [6.07, 6.45) is 0.865. The molecule has 0 aliphatic rings. The molecule has 1 aromatic rings. The van der Waals surface area contributed by atoms with E-state index in [1.165, 1.54) is 0 Å². The maximum absolute atomic E-state index is 11.2. The molecule has 0 fully saturated rings. The van der Waals surface area contributed by atoms with Crippen molar-refractivity contribution in [3.63, 3.8) is 0 Å². The number of rotatable bonds is 2. The first-order valence-corrected chi connectivity index (χ1v) is 4.26. The normalized spacial score (nSPS) is 11.4. The van der Waals surface area contributed by atoms with Crippen molar-refractivity contribution in [2.45, 2.75) is 3.79 Å².